The highest BCUT2D eigenvalue weighted by atomic mass is 35.5. The fraction of sp³-hybridized carbons (Fsp3) is 0.300. The Hall–Kier alpha value is -1.22. The molecule has 1 N–H and O–H groups in total. The van der Waals surface area contributed by atoms with Crippen LogP contribution in [0.2, 0.25) is 5.02 Å². The van der Waals surface area contributed by atoms with E-state index in [2.05, 4.69) is 0 Å². The Kier molecular flexibility index (Phi) is 3.77. The number of benzene rings is 1. The number of carboxylic acid groups (broad SMARTS) is 1. The lowest BCUT2D eigenvalue weighted by Gasteiger charge is -2.06. The maximum atomic E-state index is 10.4. The number of halogens is 1. The molecule has 0 unspecified atom stereocenters. The SMILES string of the molecule is CCOc1cc(CC(=O)O)ccc1Cl. The maximum absolute atomic E-state index is 10.4. The Labute approximate surface area is 87.3 Å². The third-order valence-electron chi connectivity index (χ3n) is 1.65. The van der Waals surface area contributed by atoms with Gasteiger partial charge in [-0.3, -0.25) is 4.79 Å². The average molecular weight is 215 g/mol. The Bertz CT molecular complexity index is 336. The molecule has 1 aromatic carbocycles. The summed E-state index contributed by atoms with van der Waals surface area (Å²) in [5.41, 5.74) is 0.686. The third-order valence-corrected chi connectivity index (χ3v) is 1.96. The second-order valence-electron chi connectivity index (χ2n) is 2.77. The molecule has 0 heterocycles. The van der Waals surface area contributed by atoms with Gasteiger partial charge in [-0.1, -0.05) is 17.7 Å². The molecular formula is C10H11ClO3. The molecule has 0 radical (unpaired) electrons. The molecule has 1 rings (SSSR count). The maximum Gasteiger partial charge on any atom is 0.307 e. The lowest BCUT2D eigenvalue weighted by Crippen LogP contribution is -2.01. The van der Waals surface area contributed by atoms with Crippen LogP contribution in [0.4, 0.5) is 0 Å². The molecule has 0 saturated carbocycles. The standard InChI is InChI=1S/C10H11ClO3/c1-2-14-9-5-7(6-10(12)13)3-4-8(9)11/h3-5H,2,6H2,1H3,(H,12,13). The highest BCUT2D eigenvalue weighted by Gasteiger charge is 2.05. The molecule has 14 heavy (non-hydrogen) atoms. The van der Waals surface area contributed by atoms with Crippen molar-refractivity contribution in [3.05, 3.63) is 28.8 Å². The Morgan fingerprint density at radius 1 is 1.57 bits per heavy atom. The van der Waals surface area contributed by atoms with Crippen LogP contribution in [0.1, 0.15) is 12.5 Å². The van der Waals surface area contributed by atoms with Crippen molar-refractivity contribution in [2.75, 3.05) is 6.61 Å². The lowest BCUT2D eigenvalue weighted by molar-refractivity contribution is -0.136. The van der Waals surface area contributed by atoms with E-state index in [-0.39, 0.29) is 6.42 Å². The first-order valence-corrected chi connectivity index (χ1v) is 4.64. The molecule has 76 valence electrons. The van der Waals surface area contributed by atoms with E-state index < -0.39 is 5.97 Å². The average Bonchev–Trinajstić information content (AvgIpc) is 2.10. The van der Waals surface area contributed by atoms with Gasteiger partial charge in [0.05, 0.1) is 18.1 Å². The van der Waals surface area contributed by atoms with E-state index in [9.17, 15) is 4.79 Å². The zero-order chi connectivity index (χ0) is 10.6. The number of carboxylic acids is 1. The monoisotopic (exact) mass is 214 g/mol. The molecule has 0 atom stereocenters. The predicted octanol–water partition coefficient (Wildman–Crippen LogP) is 2.37. The van der Waals surface area contributed by atoms with Gasteiger partial charge in [0.25, 0.3) is 0 Å². The van der Waals surface area contributed by atoms with Crippen molar-refractivity contribution in [3.8, 4) is 5.75 Å². The van der Waals surface area contributed by atoms with E-state index in [1.54, 1.807) is 18.2 Å². The molecule has 0 aliphatic carbocycles. The van der Waals surface area contributed by atoms with Gasteiger partial charge in [0.2, 0.25) is 0 Å². The van der Waals surface area contributed by atoms with Crippen molar-refractivity contribution in [1.82, 2.24) is 0 Å². The van der Waals surface area contributed by atoms with Crippen LogP contribution in [-0.4, -0.2) is 17.7 Å². The van der Waals surface area contributed by atoms with Gasteiger partial charge < -0.3 is 9.84 Å². The summed E-state index contributed by atoms with van der Waals surface area (Å²) in [7, 11) is 0. The Morgan fingerprint density at radius 3 is 2.86 bits per heavy atom. The molecule has 4 heteroatoms. The molecule has 0 aliphatic heterocycles. The van der Waals surface area contributed by atoms with Crippen LogP contribution < -0.4 is 4.74 Å². The molecule has 0 saturated heterocycles. The van der Waals surface area contributed by atoms with E-state index in [1.807, 2.05) is 6.92 Å². The van der Waals surface area contributed by atoms with Crippen LogP contribution in [-0.2, 0) is 11.2 Å². The van der Waals surface area contributed by atoms with E-state index in [0.717, 1.165) is 0 Å². The number of rotatable bonds is 4. The van der Waals surface area contributed by atoms with Crippen LogP contribution in [0.5, 0.6) is 5.75 Å². The van der Waals surface area contributed by atoms with Crippen molar-refractivity contribution in [3.63, 3.8) is 0 Å². The zero-order valence-electron chi connectivity index (χ0n) is 7.79. The highest BCUT2D eigenvalue weighted by molar-refractivity contribution is 6.32. The number of hydrogen-bond donors (Lipinski definition) is 1. The third kappa shape index (κ3) is 2.92. The molecular weight excluding hydrogens is 204 g/mol. The summed E-state index contributed by atoms with van der Waals surface area (Å²) in [6, 6.07) is 4.98. The second kappa shape index (κ2) is 4.86. The molecule has 0 amide bonds. The normalized spacial score (nSPS) is 9.86. The Morgan fingerprint density at radius 2 is 2.29 bits per heavy atom. The van der Waals surface area contributed by atoms with Gasteiger partial charge in [0.15, 0.2) is 0 Å². The fourth-order valence-electron chi connectivity index (χ4n) is 1.10. The molecule has 0 spiro atoms. The number of ether oxygens (including phenoxy) is 1. The van der Waals surface area contributed by atoms with Crippen molar-refractivity contribution in [1.29, 1.82) is 0 Å². The van der Waals surface area contributed by atoms with Gasteiger partial charge in [-0.2, -0.15) is 0 Å². The van der Waals surface area contributed by atoms with E-state index in [1.165, 1.54) is 0 Å². The van der Waals surface area contributed by atoms with Crippen molar-refractivity contribution in [2.45, 2.75) is 13.3 Å². The van der Waals surface area contributed by atoms with E-state index in [0.29, 0.717) is 22.9 Å². The van der Waals surface area contributed by atoms with Crippen molar-refractivity contribution in [2.24, 2.45) is 0 Å². The molecule has 0 aliphatic rings. The summed E-state index contributed by atoms with van der Waals surface area (Å²) in [6.07, 6.45) is -0.0166. The van der Waals surface area contributed by atoms with Crippen molar-refractivity contribution >= 4 is 17.6 Å². The van der Waals surface area contributed by atoms with Gasteiger partial charge in [-0.05, 0) is 24.6 Å². The Balaban J connectivity index is 2.88. The molecule has 0 fully saturated rings. The topological polar surface area (TPSA) is 46.5 Å². The molecule has 0 aromatic heterocycles. The van der Waals surface area contributed by atoms with Gasteiger partial charge in [0.1, 0.15) is 5.75 Å². The number of carbonyl (C=O) groups is 1. The van der Waals surface area contributed by atoms with Gasteiger partial charge in [-0.25, -0.2) is 0 Å². The minimum atomic E-state index is -0.866. The van der Waals surface area contributed by atoms with Gasteiger partial charge >= 0.3 is 5.97 Å². The number of aliphatic carboxylic acids is 1. The number of hydrogen-bond acceptors (Lipinski definition) is 2. The van der Waals surface area contributed by atoms with Crippen LogP contribution >= 0.6 is 11.6 Å². The highest BCUT2D eigenvalue weighted by Crippen LogP contribution is 2.25. The lowest BCUT2D eigenvalue weighted by atomic mass is 10.1. The first kappa shape index (κ1) is 10.9. The quantitative estimate of drug-likeness (QED) is 0.837. The van der Waals surface area contributed by atoms with Crippen molar-refractivity contribution < 1.29 is 14.6 Å². The van der Waals surface area contributed by atoms with E-state index >= 15 is 0 Å². The molecule has 3 nitrogen and oxygen atoms in total. The summed E-state index contributed by atoms with van der Waals surface area (Å²) in [5, 5.41) is 9.08. The van der Waals surface area contributed by atoms with Crippen LogP contribution in [0.25, 0.3) is 0 Å². The summed E-state index contributed by atoms with van der Waals surface area (Å²) in [4.78, 5) is 10.4. The molecule has 0 bridgehead atoms. The summed E-state index contributed by atoms with van der Waals surface area (Å²) in [6.45, 7) is 2.36. The van der Waals surface area contributed by atoms with Crippen LogP contribution in [0.15, 0.2) is 18.2 Å². The van der Waals surface area contributed by atoms with Crippen LogP contribution in [0.3, 0.4) is 0 Å². The smallest absolute Gasteiger partial charge is 0.307 e. The predicted molar refractivity (Wildman–Crippen MR) is 54.0 cm³/mol. The van der Waals surface area contributed by atoms with Gasteiger partial charge in [0, 0.05) is 0 Å². The minimum absolute atomic E-state index is 0.0166. The second-order valence-corrected chi connectivity index (χ2v) is 3.18. The zero-order valence-corrected chi connectivity index (χ0v) is 8.54. The van der Waals surface area contributed by atoms with E-state index in [4.69, 9.17) is 21.4 Å². The molecule has 1 aromatic rings. The summed E-state index contributed by atoms with van der Waals surface area (Å²) >= 11 is 5.84. The largest absolute Gasteiger partial charge is 0.492 e. The first-order valence-electron chi connectivity index (χ1n) is 4.26. The first-order chi connectivity index (χ1) is 6.63. The van der Waals surface area contributed by atoms with Crippen LogP contribution in [0, 0.1) is 0 Å². The summed E-state index contributed by atoms with van der Waals surface area (Å²) < 4.78 is 5.23. The minimum Gasteiger partial charge on any atom is -0.492 e. The summed E-state index contributed by atoms with van der Waals surface area (Å²) in [5.74, 6) is -0.331. The fourth-order valence-corrected chi connectivity index (χ4v) is 1.27. The van der Waals surface area contributed by atoms with Gasteiger partial charge in [-0.15, -0.1) is 0 Å².